The van der Waals surface area contributed by atoms with E-state index in [1.165, 1.54) is 30.6 Å². The summed E-state index contributed by atoms with van der Waals surface area (Å²) in [6, 6.07) is 2.96. The van der Waals surface area contributed by atoms with Gasteiger partial charge in [-0.15, -0.1) is 11.3 Å². The van der Waals surface area contributed by atoms with Crippen LogP contribution in [0.5, 0.6) is 0 Å². The van der Waals surface area contributed by atoms with E-state index in [2.05, 4.69) is 32.2 Å². The van der Waals surface area contributed by atoms with Gasteiger partial charge in [0.15, 0.2) is 0 Å². The molecule has 2 rings (SSSR count). The highest BCUT2D eigenvalue weighted by Crippen LogP contribution is 2.36. The van der Waals surface area contributed by atoms with Crippen LogP contribution in [0.15, 0.2) is 6.07 Å². The normalized spacial score (nSPS) is 16.4. The Hall–Kier alpha value is -0.380. The van der Waals surface area contributed by atoms with E-state index in [1.807, 2.05) is 18.4 Å². The number of thiophene rings is 1. The van der Waals surface area contributed by atoms with Crippen molar-refractivity contribution in [2.45, 2.75) is 70.9 Å². The first kappa shape index (κ1) is 16.0. The number of hydrogen-bond donors (Lipinski definition) is 1. The molecule has 0 amide bonds. The number of fused-ring (bicyclic) bond motifs is 1. The molecule has 1 heterocycles. The monoisotopic (exact) mass is 295 g/mol. The smallest absolute Gasteiger partial charge is 0.0623 e. The largest absolute Gasteiger partial charge is 0.379 e. The van der Waals surface area contributed by atoms with Crippen molar-refractivity contribution in [1.29, 1.82) is 0 Å². The Balaban J connectivity index is 2.02. The van der Waals surface area contributed by atoms with Crippen LogP contribution in [0.2, 0.25) is 0 Å². The molecule has 0 aromatic carbocycles. The molecule has 1 N–H and O–H groups in total. The molecule has 114 valence electrons. The zero-order chi connectivity index (χ0) is 14.6. The van der Waals surface area contributed by atoms with Crippen molar-refractivity contribution >= 4 is 11.3 Å². The second-order valence-corrected chi connectivity index (χ2v) is 7.63. The minimum absolute atomic E-state index is 0.0217. The topological polar surface area (TPSA) is 21.3 Å². The zero-order valence-electron chi connectivity index (χ0n) is 13.4. The van der Waals surface area contributed by atoms with Crippen LogP contribution >= 0.6 is 11.3 Å². The summed E-state index contributed by atoms with van der Waals surface area (Å²) in [6.45, 7) is 7.69. The Morgan fingerprint density at radius 2 is 2.20 bits per heavy atom. The first-order valence-electron chi connectivity index (χ1n) is 7.95. The third-order valence-electron chi connectivity index (χ3n) is 4.34. The second kappa shape index (κ2) is 7.06. The van der Waals surface area contributed by atoms with Crippen LogP contribution < -0.4 is 5.32 Å². The number of nitrogens with one attached hydrogen (secondary N) is 1. The van der Waals surface area contributed by atoms with Gasteiger partial charge in [-0.25, -0.2) is 0 Å². The fourth-order valence-electron chi connectivity index (χ4n) is 2.78. The standard InChI is InChI=1S/C17H29NOS/c1-5-11-18-14(9-10-17(2,3)19-4)16-12-13-7-6-8-15(13)20-16/h12,14,18H,5-11H2,1-4H3. The highest BCUT2D eigenvalue weighted by molar-refractivity contribution is 7.12. The molecule has 0 radical (unpaired) electrons. The van der Waals surface area contributed by atoms with Crippen LogP contribution in [0.25, 0.3) is 0 Å². The van der Waals surface area contributed by atoms with Crippen molar-refractivity contribution in [2.24, 2.45) is 0 Å². The third kappa shape index (κ3) is 4.06. The minimum atomic E-state index is -0.0217. The zero-order valence-corrected chi connectivity index (χ0v) is 14.2. The van der Waals surface area contributed by atoms with Crippen molar-refractivity contribution < 1.29 is 4.74 Å². The number of rotatable bonds is 8. The summed E-state index contributed by atoms with van der Waals surface area (Å²) in [5, 5.41) is 3.73. The molecule has 0 fully saturated rings. The van der Waals surface area contributed by atoms with Crippen molar-refractivity contribution in [1.82, 2.24) is 5.32 Å². The predicted molar refractivity (Wildman–Crippen MR) is 87.7 cm³/mol. The fraction of sp³-hybridized carbons (Fsp3) is 0.765. The van der Waals surface area contributed by atoms with Crippen LogP contribution in [0.4, 0.5) is 0 Å². The Bertz CT molecular complexity index is 403. The van der Waals surface area contributed by atoms with Gasteiger partial charge in [-0.3, -0.25) is 0 Å². The maximum Gasteiger partial charge on any atom is 0.0623 e. The van der Waals surface area contributed by atoms with E-state index < -0.39 is 0 Å². The minimum Gasteiger partial charge on any atom is -0.379 e. The maximum atomic E-state index is 5.57. The Kier molecular flexibility index (Phi) is 5.65. The predicted octanol–water partition coefficient (Wildman–Crippen LogP) is 4.48. The molecule has 3 heteroatoms. The van der Waals surface area contributed by atoms with Gasteiger partial charge in [0.2, 0.25) is 0 Å². The van der Waals surface area contributed by atoms with E-state index in [0.717, 1.165) is 19.4 Å². The van der Waals surface area contributed by atoms with Crippen LogP contribution in [-0.2, 0) is 17.6 Å². The fourth-order valence-corrected chi connectivity index (χ4v) is 4.15. The van der Waals surface area contributed by atoms with Gasteiger partial charge < -0.3 is 10.1 Å². The average molecular weight is 295 g/mol. The Morgan fingerprint density at radius 3 is 2.85 bits per heavy atom. The molecule has 1 unspecified atom stereocenters. The van der Waals surface area contributed by atoms with Crippen LogP contribution in [0, 0.1) is 0 Å². The molecular formula is C17H29NOS. The first-order chi connectivity index (χ1) is 9.55. The number of hydrogen-bond acceptors (Lipinski definition) is 3. The number of ether oxygens (including phenoxy) is 1. The highest BCUT2D eigenvalue weighted by atomic mass is 32.1. The van der Waals surface area contributed by atoms with Gasteiger partial charge in [0, 0.05) is 22.9 Å². The summed E-state index contributed by atoms with van der Waals surface area (Å²) in [4.78, 5) is 3.17. The van der Waals surface area contributed by atoms with Gasteiger partial charge in [0.25, 0.3) is 0 Å². The second-order valence-electron chi connectivity index (χ2n) is 6.46. The molecule has 1 aliphatic rings. The van der Waals surface area contributed by atoms with E-state index >= 15 is 0 Å². The van der Waals surface area contributed by atoms with Crippen molar-refractivity contribution in [3.05, 3.63) is 21.4 Å². The Labute approximate surface area is 127 Å². The molecule has 1 aromatic heterocycles. The lowest BCUT2D eigenvalue weighted by Crippen LogP contribution is -2.27. The molecule has 1 aliphatic carbocycles. The molecule has 0 saturated heterocycles. The summed E-state index contributed by atoms with van der Waals surface area (Å²) < 4.78 is 5.57. The van der Waals surface area contributed by atoms with E-state index in [9.17, 15) is 0 Å². The number of aryl methyl sites for hydroxylation is 2. The van der Waals surface area contributed by atoms with E-state index in [-0.39, 0.29) is 5.60 Å². The van der Waals surface area contributed by atoms with Gasteiger partial charge in [0.1, 0.15) is 0 Å². The highest BCUT2D eigenvalue weighted by Gasteiger charge is 2.23. The lowest BCUT2D eigenvalue weighted by atomic mass is 9.97. The first-order valence-corrected chi connectivity index (χ1v) is 8.77. The molecule has 1 aromatic rings. The van der Waals surface area contributed by atoms with E-state index in [4.69, 9.17) is 4.74 Å². The summed E-state index contributed by atoms with van der Waals surface area (Å²) in [7, 11) is 1.81. The molecule has 1 atom stereocenters. The molecule has 0 aliphatic heterocycles. The molecule has 0 saturated carbocycles. The molecule has 20 heavy (non-hydrogen) atoms. The maximum absolute atomic E-state index is 5.57. The third-order valence-corrected chi connectivity index (χ3v) is 5.69. The van der Waals surface area contributed by atoms with Crippen LogP contribution in [0.3, 0.4) is 0 Å². The van der Waals surface area contributed by atoms with Gasteiger partial charge in [-0.1, -0.05) is 6.92 Å². The lowest BCUT2D eigenvalue weighted by molar-refractivity contribution is 0.0117. The summed E-state index contributed by atoms with van der Waals surface area (Å²) in [5.41, 5.74) is 1.59. The summed E-state index contributed by atoms with van der Waals surface area (Å²) >= 11 is 2.04. The lowest BCUT2D eigenvalue weighted by Gasteiger charge is -2.26. The quantitative estimate of drug-likeness (QED) is 0.763. The van der Waals surface area contributed by atoms with Gasteiger partial charge in [0.05, 0.1) is 5.60 Å². The number of methoxy groups -OCH3 is 1. The molecule has 0 bridgehead atoms. The van der Waals surface area contributed by atoms with E-state index in [0.29, 0.717) is 6.04 Å². The van der Waals surface area contributed by atoms with Crippen LogP contribution in [-0.4, -0.2) is 19.3 Å². The van der Waals surface area contributed by atoms with Crippen LogP contribution in [0.1, 0.15) is 67.8 Å². The van der Waals surface area contributed by atoms with Gasteiger partial charge in [-0.05, 0) is 70.5 Å². The average Bonchev–Trinajstić information content (AvgIpc) is 3.00. The molecule has 2 nitrogen and oxygen atoms in total. The van der Waals surface area contributed by atoms with Crippen molar-refractivity contribution in [3.63, 3.8) is 0 Å². The van der Waals surface area contributed by atoms with Crippen molar-refractivity contribution in [3.8, 4) is 0 Å². The van der Waals surface area contributed by atoms with Gasteiger partial charge >= 0.3 is 0 Å². The van der Waals surface area contributed by atoms with E-state index in [1.54, 1.807) is 10.4 Å². The van der Waals surface area contributed by atoms with Gasteiger partial charge in [-0.2, -0.15) is 0 Å². The summed E-state index contributed by atoms with van der Waals surface area (Å²) in [6.07, 6.45) is 7.37. The van der Waals surface area contributed by atoms with Crippen molar-refractivity contribution in [2.75, 3.05) is 13.7 Å². The SMILES string of the molecule is CCCNC(CCC(C)(C)OC)c1cc2c(s1)CCC2. The Morgan fingerprint density at radius 1 is 1.40 bits per heavy atom. The molecule has 0 spiro atoms. The summed E-state index contributed by atoms with van der Waals surface area (Å²) in [5.74, 6) is 0. The molecular weight excluding hydrogens is 266 g/mol.